The first-order chi connectivity index (χ1) is 16.1. The lowest BCUT2D eigenvalue weighted by atomic mass is 9.85. The zero-order valence-electron chi connectivity index (χ0n) is 20.7. The minimum Gasteiger partial charge on any atom is -0.465 e. The smallest absolute Gasteiger partial charge is 0.405 e. The molecule has 2 fully saturated rings. The summed E-state index contributed by atoms with van der Waals surface area (Å²) in [5.74, 6) is -6.38. The van der Waals surface area contributed by atoms with Crippen molar-refractivity contribution >= 4 is 29.6 Å². The van der Waals surface area contributed by atoms with Crippen LogP contribution in [0.2, 0.25) is 0 Å². The first kappa shape index (κ1) is 28.4. The van der Waals surface area contributed by atoms with Gasteiger partial charge in [0.05, 0.1) is 6.04 Å². The van der Waals surface area contributed by atoms with Gasteiger partial charge in [-0.3, -0.25) is 19.2 Å². The summed E-state index contributed by atoms with van der Waals surface area (Å²) in [6, 6.07) is -3.76. The van der Waals surface area contributed by atoms with Crippen LogP contribution in [0.25, 0.3) is 0 Å². The lowest BCUT2D eigenvalue weighted by Gasteiger charge is -2.40. The zero-order chi connectivity index (χ0) is 26.6. The molecule has 35 heavy (non-hydrogen) atoms. The Morgan fingerprint density at radius 1 is 1.00 bits per heavy atom. The van der Waals surface area contributed by atoms with Crippen LogP contribution >= 0.6 is 0 Å². The number of carbonyl (C=O) groups excluding carboxylic acids is 4. The molecule has 0 aromatic carbocycles. The molecule has 0 aromatic rings. The molecule has 0 spiro atoms. The van der Waals surface area contributed by atoms with Crippen LogP contribution in [-0.4, -0.2) is 76.2 Å². The Labute approximate surface area is 203 Å². The number of rotatable bonds is 10. The molecular formula is C23H36F2N4O6. The number of hydrogen-bond acceptors (Lipinski definition) is 5. The molecule has 2 rings (SSSR count). The number of Topliss-reactive ketones (excluding diaryl/α,β-unsaturated/α-hetero) is 1. The number of alkyl halides is 2. The monoisotopic (exact) mass is 502 g/mol. The molecule has 12 heteroatoms. The second-order valence-corrected chi connectivity index (χ2v) is 10.6. The number of nitrogens with one attached hydrogen (secondary N) is 3. The van der Waals surface area contributed by atoms with Crippen LogP contribution < -0.4 is 16.0 Å². The summed E-state index contributed by atoms with van der Waals surface area (Å²) in [6.07, 6.45) is 0.337. The standard InChI is InChI=1S/C23H36F2N4O6/c1-22(2,3)17(28-21(34)35)20(33)29-12-6-5-7-15(29)18(31)27-14(10-11-23(4,24)25)16(30)19(32)26-13-8-9-13/h13-15,17,28H,5-12H2,1-4H3,(H,26,32)(H,27,31)(H,34,35)/t14?,15-,17?/m1/s1. The van der Waals surface area contributed by atoms with Crippen molar-refractivity contribution in [1.29, 1.82) is 0 Å². The quantitative estimate of drug-likeness (QED) is 0.335. The summed E-state index contributed by atoms with van der Waals surface area (Å²) in [6.45, 7) is 5.93. The fourth-order valence-corrected chi connectivity index (χ4v) is 3.98. The predicted molar refractivity (Wildman–Crippen MR) is 122 cm³/mol. The van der Waals surface area contributed by atoms with Crippen molar-refractivity contribution in [1.82, 2.24) is 20.9 Å². The number of amides is 4. The second kappa shape index (κ2) is 11.3. The Bertz CT molecular complexity index is 835. The molecule has 4 N–H and O–H groups in total. The Hall–Kier alpha value is -2.79. The third kappa shape index (κ3) is 8.74. The maximum Gasteiger partial charge on any atom is 0.405 e. The molecule has 1 heterocycles. The third-order valence-electron chi connectivity index (χ3n) is 6.11. The summed E-state index contributed by atoms with van der Waals surface area (Å²) in [5.41, 5.74) is -0.792. The van der Waals surface area contributed by atoms with Gasteiger partial charge in [-0.15, -0.1) is 0 Å². The molecule has 2 aliphatic rings. The van der Waals surface area contributed by atoms with Crippen molar-refractivity contribution < 1.29 is 37.9 Å². The summed E-state index contributed by atoms with van der Waals surface area (Å²) in [7, 11) is 0. The molecule has 198 valence electrons. The van der Waals surface area contributed by atoms with E-state index in [1.54, 1.807) is 20.8 Å². The van der Waals surface area contributed by atoms with Gasteiger partial charge in [-0.05, 0) is 50.9 Å². The van der Waals surface area contributed by atoms with E-state index in [9.17, 15) is 37.9 Å². The van der Waals surface area contributed by atoms with Crippen molar-refractivity contribution in [2.75, 3.05) is 6.54 Å². The molecule has 1 aliphatic heterocycles. The molecule has 1 saturated carbocycles. The van der Waals surface area contributed by atoms with Gasteiger partial charge in [-0.2, -0.15) is 0 Å². The first-order valence-corrected chi connectivity index (χ1v) is 11.9. The van der Waals surface area contributed by atoms with Crippen molar-refractivity contribution in [3.63, 3.8) is 0 Å². The normalized spacial score (nSPS) is 20.4. The number of hydrogen-bond donors (Lipinski definition) is 4. The van der Waals surface area contributed by atoms with Crippen LogP contribution in [0, 0.1) is 5.41 Å². The topological polar surface area (TPSA) is 145 Å². The van der Waals surface area contributed by atoms with Gasteiger partial charge in [-0.25, -0.2) is 13.6 Å². The SMILES string of the molecule is CC(F)(F)CCC(NC(=O)[C@H]1CCCCN1C(=O)C(NC(=O)O)C(C)(C)C)C(=O)C(=O)NC1CC1. The summed E-state index contributed by atoms with van der Waals surface area (Å²) in [4.78, 5) is 64.0. The maximum atomic E-state index is 13.5. The van der Waals surface area contributed by atoms with Gasteiger partial charge >= 0.3 is 6.09 Å². The number of carbonyl (C=O) groups is 5. The van der Waals surface area contributed by atoms with E-state index in [2.05, 4.69) is 16.0 Å². The number of halogens is 2. The maximum absolute atomic E-state index is 13.5. The largest absolute Gasteiger partial charge is 0.465 e. The minimum absolute atomic E-state index is 0.127. The molecule has 3 atom stereocenters. The summed E-state index contributed by atoms with van der Waals surface area (Å²) < 4.78 is 27.0. The van der Waals surface area contributed by atoms with Crippen molar-refractivity contribution in [2.45, 2.75) is 103 Å². The van der Waals surface area contributed by atoms with E-state index in [1.807, 2.05) is 0 Å². The highest BCUT2D eigenvalue weighted by Crippen LogP contribution is 2.26. The average Bonchev–Trinajstić information content (AvgIpc) is 3.56. The lowest BCUT2D eigenvalue weighted by Crippen LogP contribution is -2.61. The van der Waals surface area contributed by atoms with E-state index in [4.69, 9.17) is 0 Å². The zero-order valence-corrected chi connectivity index (χ0v) is 20.7. The van der Waals surface area contributed by atoms with Gasteiger partial charge in [0.2, 0.25) is 23.5 Å². The van der Waals surface area contributed by atoms with Gasteiger partial charge in [-0.1, -0.05) is 20.8 Å². The van der Waals surface area contributed by atoms with Crippen LogP contribution in [0.3, 0.4) is 0 Å². The van der Waals surface area contributed by atoms with Crippen LogP contribution in [0.1, 0.15) is 72.6 Å². The van der Waals surface area contributed by atoms with Gasteiger partial charge in [0.15, 0.2) is 0 Å². The summed E-state index contributed by atoms with van der Waals surface area (Å²) >= 11 is 0. The number of ketones is 1. The molecule has 0 aromatic heterocycles. The van der Waals surface area contributed by atoms with Gasteiger partial charge in [0, 0.05) is 19.0 Å². The van der Waals surface area contributed by atoms with Gasteiger partial charge in [0.25, 0.3) is 5.91 Å². The fraction of sp³-hybridized carbons (Fsp3) is 0.783. The Kier molecular flexibility index (Phi) is 9.18. The number of carboxylic acid groups (broad SMARTS) is 1. The molecule has 10 nitrogen and oxygen atoms in total. The van der Waals surface area contributed by atoms with Crippen LogP contribution in [-0.2, 0) is 19.2 Å². The second-order valence-electron chi connectivity index (χ2n) is 10.6. The molecule has 4 amide bonds. The van der Waals surface area contributed by atoms with Gasteiger partial charge in [0.1, 0.15) is 12.1 Å². The Balaban J connectivity index is 2.21. The van der Waals surface area contributed by atoms with E-state index in [0.717, 1.165) is 12.8 Å². The minimum atomic E-state index is -3.11. The van der Waals surface area contributed by atoms with E-state index in [0.29, 0.717) is 19.8 Å². The highest BCUT2D eigenvalue weighted by molar-refractivity contribution is 6.38. The first-order valence-electron chi connectivity index (χ1n) is 11.9. The van der Waals surface area contributed by atoms with Crippen molar-refractivity contribution in [2.24, 2.45) is 5.41 Å². The van der Waals surface area contributed by atoms with Gasteiger partial charge < -0.3 is 26.0 Å². The molecular weight excluding hydrogens is 466 g/mol. The average molecular weight is 503 g/mol. The van der Waals surface area contributed by atoms with E-state index in [-0.39, 0.29) is 19.0 Å². The van der Waals surface area contributed by atoms with E-state index >= 15 is 0 Å². The third-order valence-corrected chi connectivity index (χ3v) is 6.11. The molecule has 0 radical (unpaired) electrons. The van der Waals surface area contributed by atoms with Crippen LogP contribution in [0.5, 0.6) is 0 Å². The Morgan fingerprint density at radius 2 is 1.63 bits per heavy atom. The highest BCUT2D eigenvalue weighted by Gasteiger charge is 2.42. The molecule has 2 unspecified atom stereocenters. The molecule has 1 saturated heterocycles. The predicted octanol–water partition coefficient (Wildman–Crippen LogP) is 1.82. The van der Waals surface area contributed by atoms with Crippen molar-refractivity contribution in [3.05, 3.63) is 0 Å². The number of likely N-dealkylation sites (tertiary alicyclic amines) is 1. The molecule has 1 aliphatic carbocycles. The van der Waals surface area contributed by atoms with Crippen LogP contribution in [0.4, 0.5) is 13.6 Å². The lowest BCUT2D eigenvalue weighted by molar-refractivity contribution is -0.147. The Morgan fingerprint density at radius 3 is 2.14 bits per heavy atom. The summed E-state index contributed by atoms with van der Waals surface area (Å²) in [5, 5.41) is 16.3. The molecule has 0 bridgehead atoms. The van der Waals surface area contributed by atoms with E-state index < -0.39 is 71.9 Å². The number of piperidine rings is 1. The number of nitrogens with zero attached hydrogens (tertiary/aromatic N) is 1. The highest BCUT2D eigenvalue weighted by atomic mass is 19.3. The van der Waals surface area contributed by atoms with Crippen molar-refractivity contribution in [3.8, 4) is 0 Å². The fourth-order valence-electron chi connectivity index (χ4n) is 3.98. The van der Waals surface area contributed by atoms with E-state index in [1.165, 1.54) is 4.90 Å². The van der Waals surface area contributed by atoms with Crippen LogP contribution in [0.15, 0.2) is 0 Å².